The standard InChI is InChI=1S/C19H19N3O4S/c1-2-13-4-3-5-15(10-13)20-16(23)11-25-18(24)7-6-17-21-19(22-26-17)14-8-9-27-12-14/h3-5,8-10,12H,2,6-7,11H2,1H3,(H,20,23). The van der Waals surface area contributed by atoms with Crippen LogP contribution in [0.1, 0.15) is 24.8 Å². The molecule has 0 aliphatic heterocycles. The molecule has 0 spiro atoms. The Morgan fingerprint density at radius 3 is 2.96 bits per heavy atom. The maximum atomic E-state index is 11.9. The van der Waals surface area contributed by atoms with Gasteiger partial charge >= 0.3 is 5.97 Å². The Balaban J connectivity index is 1.41. The van der Waals surface area contributed by atoms with Crippen molar-refractivity contribution in [3.8, 4) is 11.4 Å². The van der Waals surface area contributed by atoms with Crippen LogP contribution in [0.4, 0.5) is 5.69 Å². The SMILES string of the molecule is CCc1cccc(NC(=O)COC(=O)CCc2nc(-c3ccsc3)no2)c1. The minimum atomic E-state index is -0.497. The van der Waals surface area contributed by atoms with Gasteiger partial charge in [0.1, 0.15) is 0 Å². The molecule has 7 nitrogen and oxygen atoms in total. The van der Waals surface area contributed by atoms with E-state index in [2.05, 4.69) is 15.5 Å². The van der Waals surface area contributed by atoms with Crippen LogP contribution in [0.3, 0.4) is 0 Å². The van der Waals surface area contributed by atoms with Crippen LogP contribution in [0, 0.1) is 0 Å². The number of nitrogens with zero attached hydrogens (tertiary/aromatic N) is 2. The molecule has 2 aromatic heterocycles. The lowest BCUT2D eigenvalue weighted by molar-refractivity contribution is -0.147. The van der Waals surface area contributed by atoms with E-state index < -0.39 is 5.97 Å². The number of aromatic nitrogens is 2. The molecule has 3 rings (SSSR count). The number of amides is 1. The Morgan fingerprint density at radius 1 is 1.30 bits per heavy atom. The van der Waals surface area contributed by atoms with Gasteiger partial charge < -0.3 is 14.6 Å². The molecule has 1 amide bonds. The number of carbonyl (C=O) groups is 2. The van der Waals surface area contributed by atoms with E-state index in [9.17, 15) is 9.59 Å². The van der Waals surface area contributed by atoms with Crippen molar-refractivity contribution in [3.63, 3.8) is 0 Å². The maximum Gasteiger partial charge on any atom is 0.306 e. The average Bonchev–Trinajstić information content (AvgIpc) is 3.36. The third-order valence-electron chi connectivity index (χ3n) is 3.77. The zero-order valence-corrected chi connectivity index (χ0v) is 15.6. The van der Waals surface area contributed by atoms with Gasteiger partial charge in [-0.3, -0.25) is 9.59 Å². The summed E-state index contributed by atoms with van der Waals surface area (Å²) in [6.07, 6.45) is 1.20. The molecule has 0 saturated heterocycles. The second kappa shape index (κ2) is 9.09. The lowest BCUT2D eigenvalue weighted by Gasteiger charge is -2.07. The predicted octanol–water partition coefficient (Wildman–Crippen LogP) is 3.48. The number of aryl methyl sites for hydroxylation is 2. The van der Waals surface area contributed by atoms with Gasteiger partial charge in [-0.15, -0.1) is 0 Å². The topological polar surface area (TPSA) is 94.3 Å². The Kier molecular flexibility index (Phi) is 6.32. The van der Waals surface area contributed by atoms with Crippen LogP contribution in [-0.2, 0) is 27.2 Å². The van der Waals surface area contributed by atoms with Crippen LogP contribution in [0.25, 0.3) is 11.4 Å². The van der Waals surface area contributed by atoms with Crippen molar-refractivity contribution in [1.29, 1.82) is 0 Å². The number of benzene rings is 1. The first-order valence-corrected chi connectivity index (χ1v) is 9.48. The number of thiophene rings is 1. The van der Waals surface area contributed by atoms with Crippen LogP contribution < -0.4 is 5.32 Å². The summed E-state index contributed by atoms with van der Waals surface area (Å²) in [5.41, 5.74) is 2.68. The molecule has 0 aliphatic rings. The van der Waals surface area contributed by atoms with E-state index in [1.54, 1.807) is 6.07 Å². The number of hydrogen-bond acceptors (Lipinski definition) is 7. The lowest BCUT2D eigenvalue weighted by atomic mass is 10.1. The van der Waals surface area contributed by atoms with Gasteiger partial charge in [0.2, 0.25) is 11.7 Å². The number of rotatable bonds is 8. The molecular formula is C19H19N3O4S. The zero-order chi connectivity index (χ0) is 19.1. The first-order valence-electron chi connectivity index (χ1n) is 8.53. The fraction of sp³-hybridized carbons (Fsp3) is 0.263. The van der Waals surface area contributed by atoms with Gasteiger partial charge in [-0.2, -0.15) is 16.3 Å². The molecule has 0 unspecified atom stereocenters. The summed E-state index contributed by atoms with van der Waals surface area (Å²) in [5, 5.41) is 10.4. The van der Waals surface area contributed by atoms with Crippen LogP contribution in [0.15, 0.2) is 45.6 Å². The lowest BCUT2D eigenvalue weighted by Crippen LogP contribution is -2.21. The van der Waals surface area contributed by atoms with Gasteiger partial charge in [0.15, 0.2) is 6.61 Å². The highest BCUT2D eigenvalue weighted by Crippen LogP contribution is 2.19. The molecule has 1 aromatic carbocycles. The number of anilines is 1. The van der Waals surface area contributed by atoms with Crippen molar-refractivity contribution in [2.75, 3.05) is 11.9 Å². The minimum absolute atomic E-state index is 0.0594. The van der Waals surface area contributed by atoms with Crippen molar-refractivity contribution in [2.24, 2.45) is 0 Å². The van der Waals surface area contributed by atoms with E-state index in [0.717, 1.165) is 17.5 Å². The Labute approximate surface area is 160 Å². The zero-order valence-electron chi connectivity index (χ0n) is 14.8. The summed E-state index contributed by atoms with van der Waals surface area (Å²) in [6.45, 7) is 1.70. The van der Waals surface area contributed by atoms with Crippen molar-refractivity contribution in [1.82, 2.24) is 10.1 Å². The van der Waals surface area contributed by atoms with E-state index in [4.69, 9.17) is 9.26 Å². The molecule has 0 saturated carbocycles. The number of esters is 1. The highest BCUT2D eigenvalue weighted by molar-refractivity contribution is 7.08. The van der Waals surface area contributed by atoms with Crippen LogP contribution in [0.2, 0.25) is 0 Å². The van der Waals surface area contributed by atoms with Gasteiger partial charge in [-0.05, 0) is 35.6 Å². The van der Waals surface area contributed by atoms with E-state index in [1.807, 2.05) is 41.9 Å². The molecule has 140 valence electrons. The normalized spacial score (nSPS) is 10.6. The molecule has 0 bridgehead atoms. The summed E-state index contributed by atoms with van der Waals surface area (Å²) < 4.78 is 10.1. The monoisotopic (exact) mass is 385 g/mol. The minimum Gasteiger partial charge on any atom is -0.456 e. The third kappa shape index (κ3) is 5.49. The highest BCUT2D eigenvalue weighted by atomic mass is 32.1. The molecule has 3 aromatic rings. The molecule has 8 heteroatoms. The Morgan fingerprint density at radius 2 is 2.19 bits per heavy atom. The molecule has 1 N–H and O–H groups in total. The van der Waals surface area contributed by atoms with Gasteiger partial charge in [-0.25, -0.2) is 0 Å². The maximum absolute atomic E-state index is 11.9. The summed E-state index contributed by atoms with van der Waals surface area (Å²) in [7, 11) is 0. The van der Waals surface area contributed by atoms with Gasteiger partial charge in [-0.1, -0.05) is 24.2 Å². The molecular weight excluding hydrogens is 366 g/mol. The average molecular weight is 385 g/mol. The highest BCUT2D eigenvalue weighted by Gasteiger charge is 2.13. The number of ether oxygens (including phenoxy) is 1. The fourth-order valence-electron chi connectivity index (χ4n) is 2.36. The summed E-state index contributed by atoms with van der Waals surface area (Å²) >= 11 is 1.54. The third-order valence-corrected chi connectivity index (χ3v) is 4.46. The van der Waals surface area contributed by atoms with Crippen molar-refractivity contribution in [3.05, 3.63) is 52.5 Å². The van der Waals surface area contributed by atoms with E-state index in [-0.39, 0.29) is 25.4 Å². The molecule has 0 atom stereocenters. The van der Waals surface area contributed by atoms with E-state index in [0.29, 0.717) is 17.4 Å². The van der Waals surface area contributed by atoms with Gasteiger partial charge in [0.25, 0.3) is 5.91 Å². The summed E-state index contributed by atoms with van der Waals surface area (Å²) in [6, 6.07) is 9.43. The largest absolute Gasteiger partial charge is 0.456 e. The van der Waals surface area contributed by atoms with Crippen molar-refractivity contribution in [2.45, 2.75) is 26.2 Å². The Hall–Kier alpha value is -3.00. The fourth-order valence-corrected chi connectivity index (χ4v) is 2.99. The van der Waals surface area contributed by atoms with Crippen molar-refractivity contribution < 1.29 is 18.8 Å². The van der Waals surface area contributed by atoms with Crippen LogP contribution in [-0.4, -0.2) is 28.6 Å². The first kappa shape index (κ1) is 18.8. The number of carbonyl (C=O) groups excluding carboxylic acids is 2. The number of hydrogen-bond donors (Lipinski definition) is 1. The quantitative estimate of drug-likeness (QED) is 0.597. The second-order valence-corrected chi connectivity index (χ2v) is 6.57. The van der Waals surface area contributed by atoms with Crippen LogP contribution in [0.5, 0.6) is 0 Å². The van der Waals surface area contributed by atoms with Crippen LogP contribution >= 0.6 is 11.3 Å². The molecule has 0 aliphatic carbocycles. The molecule has 2 heterocycles. The van der Waals surface area contributed by atoms with E-state index in [1.165, 1.54) is 11.3 Å². The first-order chi connectivity index (χ1) is 13.1. The molecule has 27 heavy (non-hydrogen) atoms. The summed E-state index contributed by atoms with van der Waals surface area (Å²) in [4.78, 5) is 27.9. The smallest absolute Gasteiger partial charge is 0.306 e. The van der Waals surface area contributed by atoms with E-state index >= 15 is 0 Å². The number of nitrogens with one attached hydrogen (secondary N) is 1. The Bertz CT molecular complexity index is 905. The molecule has 0 radical (unpaired) electrons. The predicted molar refractivity (Wildman–Crippen MR) is 101 cm³/mol. The second-order valence-electron chi connectivity index (χ2n) is 5.79. The van der Waals surface area contributed by atoms with Crippen molar-refractivity contribution >= 4 is 28.9 Å². The van der Waals surface area contributed by atoms with Gasteiger partial charge in [0.05, 0.1) is 6.42 Å². The molecule has 0 fully saturated rings. The van der Waals surface area contributed by atoms with Gasteiger partial charge in [0, 0.05) is 23.1 Å². The summed E-state index contributed by atoms with van der Waals surface area (Å²) in [5.74, 6) is -0.0285.